The van der Waals surface area contributed by atoms with E-state index >= 15 is 0 Å². The van der Waals surface area contributed by atoms with E-state index in [0.717, 1.165) is 6.42 Å². The highest BCUT2D eigenvalue weighted by Gasteiger charge is 2.05. The van der Waals surface area contributed by atoms with E-state index in [4.69, 9.17) is 0 Å². The maximum absolute atomic E-state index is 3.93. The molecule has 1 aliphatic rings. The summed E-state index contributed by atoms with van der Waals surface area (Å²) >= 11 is 0. The van der Waals surface area contributed by atoms with Crippen molar-refractivity contribution in [2.75, 3.05) is 0 Å². The van der Waals surface area contributed by atoms with Crippen LogP contribution in [0.15, 0.2) is 29.5 Å². The maximum atomic E-state index is 3.93. The molecule has 0 fully saturated rings. The highest BCUT2D eigenvalue weighted by Crippen LogP contribution is 2.20. The molecule has 0 heteroatoms. The topological polar surface area (TPSA) is 0 Å². The quantitative estimate of drug-likeness (QED) is 0.431. The number of rotatable bonds is 0. The second-order valence-electron chi connectivity index (χ2n) is 2.72. The first-order chi connectivity index (χ1) is 4.20. The molecule has 0 bridgehead atoms. The largest absolute Gasteiger partial charge is 0.121 e. The maximum Gasteiger partial charge on any atom is -0.00683 e. The number of hydrogen-bond acceptors (Lipinski definition) is 0. The molecule has 9 heavy (non-hydrogen) atoms. The minimum absolute atomic E-state index is 0.640. The van der Waals surface area contributed by atoms with E-state index in [1.807, 2.05) is 0 Å². The van der Waals surface area contributed by atoms with Crippen molar-refractivity contribution in [2.24, 2.45) is 5.92 Å². The first kappa shape index (κ1) is 6.38. The van der Waals surface area contributed by atoms with Crippen molar-refractivity contribution in [3.05, 3.63) is 29.5 Å². The van der Waals surface area contributed by atoms with Gasteiger partial charge in [-0.2, -0.15) is 0 Å². The first-order valence-corrected chi connectivity index (χ1v) is 3.31. The lowest BCUT2D eigenvalue weighted by Gasteiger charge is -2.11. The Morgan fingerprint density at radius 3 is 2.89 bits per heavy atom. The van der Waals surface area contributed by atoms with Crippen molar-refractivity contribution in [1.82, 2.24) is 0 Å². The summed E-state index contributed by atoms with van der Waals surface area (Å²) in [5, 5.41) is 0. The lowest BCUT2D eigenvalue weighted by atomic mass is 9.93. The molecule has 0 aromatic carbocycles. The summed E-state index contributed by atoms with van der Waals surface area (Å²) in [7, 11) is 0. The van der Waals surface area contributed by atoms with E-state index < -0.39 is 0 Å². The van der Waals surface area contributed by atoms with Gasteiger partial charge in [0.2, 0.25) is 0 Å². The van der Waals surface area contributed by atoms with Gasteiger partial charge in [0.1, 0.15) is 0 Å². The van der Waals surface area contributed by atoms with Gasteiger partial charge >= 0.3 is 0 Å². The second kappa shape index (κ2) is 2.24. The van der Waals surface area contributed by atoms with Crippen LogP contribution in [0.2, 0.25) is 0 Å². The SMILES string of the molecule is C=C1CC(C)C=C=C1C. The van der Waals surface area contributed by atoms with Gasteiger partial charge in [-0.05, 0) is 36.5 Å². The summed E-state index contributed by atoms with van der Waals surface area (Å²) in [6.07, 6.45) is 3.23. The van der Waals surface area contributed by atoms with Gasteiger partial charge < -0.3 is 0 Å². The predicted molar refractivity (Wildman–Crippen MR) is 40.2 cm³/mol. The van der Waals surface area contributed by atoms with Gasteiger partial charge in [-0.15, -0.1) is 5.73 Å². The Labute approximate surface area is 56.6 Å². The zero-order chi connectivity index (χ0) is 6.85. The van der Waals surface area contributed by atoms with Crippen LogP contribution in [0.4, 0.5) is 0 Å². The van der Waals surface area contributed by atoms with E-state index in [9.17, 15) is 0 Å². The second-order valence-corrected chi connectivity index (χ2v) is 2.72. The molecule has 48 valence electrons. The van der Waals surface area contributed by atoms with Gasteiger partial charge in [0.05, 0.1) is 0 Å². The lowest BCUT2D eigenvalue weighted by molar-refractivity contribution is 0.713. The van der Waals surface area contributed by atoms with Crippen LogP contribution >= 0.6 is 0 Å². The van der Waals surface area contributed by atoms with Gasteiger partial charge in [-0.3, -0.25) is 0 Å². The summed E-state index contributed by atoms with van der Waals surface area (Å²) in [6.45, 7) is 8.17. The van der Waals surface area contributed by atoms with E-state index in [2.05, 4.69) is 32.2 Å². The summed E-state index contributed by atoms with van der Waals surface area (Å²) in [4.78, 5) is 0. The van der Waals surface area contributed by atoms with Gasteiger partial charge in [0.25, 0.3) is 0 Å². The number of hydrogen-bond donors (Lipinski definition) is 0. The van der Waals surface area contributed by atoms with Crippen molar-refractivity contribution >= 4 is 0 Å². The smallest absolute Gasteiger partial charge is 0.00683 e. The molecule has 1 atom stereocenters. The number of allylic oxidation sites excluding steroid dienone is 2. The van der Waals surface area contributed by atoms with Gasteiger partial charge in [-0.25, -0.2) is 0 Å². The monoisotopic (exact) mass is 120 g/mol. The molecule has 0 saturated heterocycles. The van der Waals surface area contributed by atoms with E-state index in [0.29, 0.717) is 5.92 Å². The third kappa shape index (κ3) is 1.34. The van der Waals surface area contributed by atoms with Crippen molar-refractivity contribution in [1.29, 1.82) is 0 Å². The summed E-state index contributed by atoms with van der Waals surface area (Å²) in [5.41, 5.74) is 5.63. The average molecular weight is 120 g/mol. The zero-order valence-electron chi connectivity index (χ0n) is 6.07. The molecule has 0 aliphatic heterocycles. The van der Waals surface area contributed by atoms with E-state index in [1.165, 1.54) is 11.1 Å². The molecule has 0 nitrogen and oxygen atoms in total. The Kier molecular flexibility index (Phi) is 1.59. The first-order valence-electron chi connectivity index (χ1n) is 3.31. The van der Waals surface area contributed by atoms with Crippen LogP contribution in [0.5, 0.6) is 0 Å². The Morgan fingerprint density at radius 2 is 2.44 bits per heavy atom. The predicted octanol–water partition coefficient (Wildman–Crippen LogP) is 2.68. The highest BCUT2D eigenvalue weighted by molar-refractivity contribution is 5.29. The molecule has 0 N–H and O–H groups in total. The van der Waals surface area contributed by atoms with Crippen molar-refractivity contribution in [2.45, 2.75) is 20.3 Å². The van der Waals surface area contributed by atoms with Gasteiger partial charge in [0.15, 0.2) is 0 Å². The fourth-order valence-electron chi connectivity index (χ4n) is 0.970. The molecule has 0 radical (unpaired) electrons. The van der Waals surface area contributed by atoms with Gasteiger partial charge in [0, 0.05) is 0 Å². The molecule has 1 aliphatic carbocycles. The standard InChI is InChI=1S/C9H12/c1-7-4-5-8(2)9(3)6-7/h4,7H,3,6H2,1-2H3. The minimum Gasteiger partial charge on any atom is -0.121 e. The molecule has 0 amide bonds. The normalized spacial score (nSPS) is 26.2. The van der Waals surface area contributed by atoms with Crippen LogP contribution in [0.3, 0.4) is 0 Å². The van der Waals surface area contributed by atoms with Crippen molar-refractivity contribution < 1.29 is 0 Å². The Bertz CT molecular complexity index is 190. The average Bonchev–Trinajstić information content (AvgIpc) is 1.80. The molecule has 0 spiro atoms. The molecule has 1 rings (SSSR count). The molecule has 0 aromatic heterocycles. The van der Waals surface area contributed by atoms with Crippen LogP contribution in [-0.2, 0) is 0 Å². The fraction of sp³-hybridized carbons (Fsp3) is 0.444. The molecule has 1 unspecified atom stereocenters. The summed E-state index contributed by atoms with van der Waals surface area (Å²) in [5.74, 6) is 0.640. The van der Waals surface area contributed by atoms with Crippen LogP contribution in [0.25, 0.3) is 0 Å². The van der Waals surface area contributed by atoms with Crippen LogP contribution in [0.1, 0.15) is 20.3 Å². The van der Waals surface area contributed by atoms with Crippen LogP contribution < -0.4 is 0 Å². The lowest BCUT2D eigenvalue weighted by Crippen LogP contribution is -1.96. The highest BCUT2D eigenvalue weighted by atomic mass is 14.1. The molecule has 0 aromatic rings. The van der Waals surface area contributed by atoms with E-state index in [1.54, 1.807) is 0 Å². The zero-order valence-corrected chi connectivity index (χ0v) is 6.07. The van der Waals surface area contributed by atoms with Crippen molar-refractivity contribution in [3.63, 3.8) is 0 Å². The van der Waals surface area contributed by atoms with Crippen LogP contribution in [-0.4, -0.2) is 0 Å². The van der Waals surface area contributed by atoms with Crippen molar-refractivity contribution in [3.8, 4) is 0 Å². The van der Waals surface area contributed by atoms with Crippen LogP contribution in [0, 0.1) is 5.92 Å². The summed E-state index contributed by atoms with van der Waals surface area (Å²) < 4.78 is 0. The molecule has 0 saturated carbocycles. The van der Waals surface area contributed by atoms with Gasteiger partial charge in [-0.1, -0.05) is 13.5 Å². The molecular formula is C9H12. The molecule has 0 heterocycles. The Hall–Kier alpha value is -0.740. The third-order valence-electron chi connectivity index (χ3n) is 1.68. The third-order valence-corrected chi connectivity index (χ3v) is 1.68. The summed E-state index contributed by atoms with van der Waals surface area (Å²) in [6, 6.07) is 0. The fourth-order valence-corrected chi connectivity index (χ4v) is 0.970. The minimum atomic E-state index is 0.640. The Morgan fingerprint density at radius 1 is 1.78 bits per heavy atom. The molecular weight excluding hydrogens is 108 g/mol. The Balaban J connectivity index is 2.91. The van der Waals surface area contributed by atoms with E-state index in [-0.39, 0.29) is 0 Å².